The molecule has 3 heterocycles. The van der Waals surface area contributed by atoms with Gasteiger partial charge in [-0.15, -0.1) is 0 Å². The van der Waals surface area contributed by atoms with E-state index in [1.165, 1.54) is 6.92 Å². The standard InChI is InChI=1S/C18H22N4/c1-12(2)20-8-9-21(14(20)4)16-11-15-17(10-13(16)3)22-7-5-6-18(22)19-15/h5,7-12,14H,6H2,1-4H3/t14-/m0/s1/i1D3,12D/t12?,14-. The fourth-order valence-electron chi connectivity index (χ4n) is 3.34. The molecule has 1 unspecified atom stereocenters. The third-order valence-corrected chi connectivity index (χ3v) is 4.49. The summed E-state index contributed by atoms with van der Waals surface area (Å²) in [6.07, 6.45) is 8.25. The normalized spacial score (nSPS) is 25.9. The topological polar surface area (TPSA) is 24.3 Å². The highest BCUT2D eigenvalue weighted by Crippen LogP contribution is 2.33. The van der Waals surface area contributed by atoms with Gasteiger partial charge in [0.2, 0.25) is 0 Å². The molecule has 114 valence electrons. The van der Waals surface area contributed by atoms with E-state index in [9.17, 15) is 0 Å². The van der Waals surface area contributed by atoms with Crippen LogP contribution >= 0.6 is 0 Å². The maximum Gasteiger partial charge on any atom is 0.117 e. The number of allylic oxidation sites excluding steroid dienone is 1. The molecule has 0 radical (unpaired) electrons. The number of anilines is 1. The molecule has 22 heavy (non-hydrogen) atoms. The summed E-state index contributed by atoms with van der Waals surface area (Å²) in [6, 6.07) is 2.46. The van der Waals surface area contributed by atoms with E-state index >= 15 is 0 Å². The van der Waals surface area contributed by atoms with Crippen molar-refractivity contribution in [2.75, 3.05) is 4.90 Å². The number of aryl methyl sites for hydroxylation is 1. The number of imidazole rings is 1. The van der Waals surface area contributed by atoms with Crippen molar-refractivity contribution in [3.8, 4) is 0 Å². The summed E-state index contributed by atoms with van der Waals surface area (Å²) in [7, 11) is 0. The van der Waals surface area contributed by atoms with E-state index in [0.717, 1.165) is 34.5 Å². The van der Waals surface area contributed by atoms with Gasteiger partial charge in [-0.1, -0.05) is 6.08 Å². The number of rotatable bonds is 2. The molecule has 0 amide bonds. The van der Waals surface area contributed by atoms with Crippen molar-refractivity contribution >= 4 is 22.9 Å². The lowest BCUT2D eigenvalue weighted by molar-refractivity contribution is 0.263. The Balaban J connectivity index is 1.72. The Morgan fingerprint density at radius 2 is 2.23 bits per heavy atom. The van der Waals surface area contributed by atoms with Crippen molar-refractivity contribution < 1.29 is 5.48 Å². The van der Waals surface area contributed by atoms with Crippen molar-refractivity contribution in [2.45, 2.75) is 46.2 Å². The zero-order valence-corrected chi connectivity index (χ0v) is 13.0. The van der Waals surface area contributed by atoms with Crippen LogP contribution in [0.15, 0.2) is 30.6 Å². The summed E-state index contributed by atoms with van der Waals surface area (Å²) in [5.74, 6) is 1.03. The van der Waals surface area contributed by atoms with Crippen LogP contribution in [-0.2, 0) is 6.42 Å². The van der Waals surface area contributed by atoms with Gasteiger partial charge in [-0.05, 0) is 45.3 Å². The van der Waals surface area contributed by atoms with Crippen molar-refractivity contribution in [1.82, 2.24) is 14.5 Å². The molecule has 0 saturated carbocycles. The van der Waals surface area contributed by atoms with Crippen LogP contribution in [0.5, 0.6) is 0 Å². The number of nitrogens with zero attached hydrogens (tertiary/aromatic N) is 4. The molecule has 0 saturated heterocycles. The van der Waals surface area contributed by atoms with Gasteiger partial charge in [-0.3, -0.25) is 0 Å². The highest BCUT2D eigenvalue weighted by molar-refractivity contribution is 5.85. The Labute approximate surface area is 137 Å². The van der Waals surface area contributed by atoms with E-state index in [-0.39, 0.29) is 6.17 Å². The average Bonchev–Trinajstić information content (AvgIpc) is 3.20. The minimum Gasteiger partial charge on any atom is -0.353 e. The number of hydrogen-bond donors (Lipinski definition) is 0. The van der Waals surface area contributed by atoms with Gasteiger partial charge in [0, 0.05) is 40.8 Å². The van der Waals surface area contributed by atoms with Crippen LogP contribution < -0.4 is 4.90 Å². The zero-order chi connectivity index (χ0) is 18.9. The van der Waals surface area contributed by atoms with E-state index in [0.29, 0.717) is 0 Å². The van der Waals surface area contributed by atoms with Crippen LogP contribution in [0.4, 0.5) is 5.69 Å². The molecule has 2 aliphatic rings. The highest BCUT2D eigenvalue weighted by atomic mass is 15.4. The Morgan fingerprint density at radius 1 is 1.36 bits per heavy atom. The predicted octanol–water partition coefficient (Wildman–Crippen LogP) is 3.72. The summed E-state index contributed by atoms with van der Waals surface area (Å²) < 4.78 is 33.6. The maximum atomic E-state index is 8.37. The number of benzene rings is 1. The number of aromatic nitrogens is 2. The van der Waals surface area contributed by atoms with E-state index in [1.807, 2.05) is 37.2 Å². The number of fused-ring (bicyclic) bond motifs is 3. The third kappa shape index (κ3) is 1.79. The largest absolute Gasteiger partial charge is 0.353 e. The van der Waals surface area contributed by atoms with E-state index in [4.69, 9.17) is 10.5 Å². The molecule has 0 fully saturated rings. The van der Waals surface area contributed by atoms with Gasteiger partial charge < -0.3 is 14.4 Å². The summed E-state index contributed by atoms with van der Waals surface area (Å²) in [4.78, 5) is 8.30. The molecule has 4 rings (SSSR count). The fraction of sp³-hybridized carbons (Fsp3) is 0.389. The summed E-state index contributed by atoms with van der Waals surface area (Å²) in [5, 5.41) is 0. The molecule has 4 heteroatoms. The molecule has 2 aliphatic heterocycles. The lowest BCUT2D eigenvalue weighted by atomic mass is 10.1. The molecule has 2 atom stereocenters. The third-order valence-electron chi connectivity index (χ3n) is 4.49. The SMILES string of the molecule is [2H]C([2H])([2H])C([2H])(C)N1C=CN(c2cc3nc4n(c3cc2C)C=CC4)[C@H]1C. The van der Waals surface area contributed by atoms with Crippen LogP contribution in [0.25, 0.3) is 17.2 Å². The van der Waals surface area contributed by atoms with Crippen molar-refractivity contribution in [3.05, 3.63) is 42.0 Å². The van der Waals surface area contributed by atoms with E-state index < -0.39 is 12.9 Å². The van der Waals surface area contributed by atoms with Gasteiger partial charge in [0.05, 0.1) is 12.4 Å². The molecule has 0 bridgehead atoms. The van der Waals surface area contributed by atoms with Crippen LogP contribution in [-0.4, -0.2) is 26.6 Å². The molecule has 0 aliphatic carbocycles. The summed E-state index contributed by atoms with van der Waals surface area (Å²) >= 11 is 0. The quantitative estimate of drug-likeness (QED) is 0.844. The van der Waals surface area contributed by atoms with Gasteiger partial charge in [0.1, 0.15) is 12.0 Å². The van der Waals surface area contributed by atoms with Crippen LogP contribution in [0.1, 0.15) is 37.6 Å². The van der Waals surface area contributed by atoms with Crippen LogP contribution in [0, 0.1) is 6.92 Å². The monoisotopic (exact) mass is 298 g/mol. The average molecular weight is 298 g/mol. The van der Waals surface area contributed by atoms with Crippen molar-refractivity contribution in [1.29, 1.82) is 0 Å². The summed E-state index contributed by atoms with van der Waals surface area (Å²) in [6.45, 7) is 2.99. The molecular formula is C18H22N4. The predicted molar refractivity (Wildman–Crippen MR) is 91.6 cm³/mol. The van der Waals surface area contributed by atoms with Gasteiger partial charge >= 0.3 is 0 Å². The molecule has 2 aromatic rings. The minimum atomic E-state index is -2.41. The second-order valence-electron chi connectivity index (χ2n) is 5.94. The molecule has 0 N–H and O–H groups in total. The first-order chi connectivity index (χ1) is 12.1. The van der Waals surface area contributed by atoms with Crippen molar-refractivity contribution in [2.24, 2.45) is 0 Å². The van der Waals surface area contributed by atoms with Crippen LogP contribution in [0.2, 0.25) is 0 Å². The smallest absolute Gasteiger partial charge is 0.117 e. The van der Waals surface area contributed by atoms with Crippen LogP contribution in [0.3, 0.4) is 0 Å². The number of hydrogen-bond acceptors (Lipinski definition) is 3. The second kappa shape index (κ2) is 4.63. The molecule has 1 aromatic heterocycles. The van der Waals surface area contributed by atoms with Gasteiger partial charge in [0.15, 0.2) is 0 Å². The minimum absolute atomic E-state index is 0.275. The molecule has 0 spiro atoms. The first-order valence-electron chi connectivity index (χ1n) is 9.54. The summed E-state index contributed by atoms with van der Waals surface area (Å²) in [5.41, 5.74) is 4.06. The Morgan fingerprint density at radius 3 is 3.05 bits per heavy atom. The molecular weight excluding hydrogens is 272 g/mol. The highest BCUT2D eigenvalue weighted by Gasteiger charge is 2.26. The zero-order valence-electron chi connectivity index (χ0n) is 17.0. The lowest BCUT2D eigenvalue weighted by Gasteiger charge is -2.33. The van der Waals surface area contributed by atoms with E-state index in [2.05, 4.69) is 16.7 Å². The Kier molecular flexibility index (Phi) is 2.05. The van der Waals surface area contributed by atoms with Crippen molar-refractivity contribution in [3.63, 3.8) is 0 Å². The van der Waals surface area contributed by atoms with Gasteiger partial charge in [-0.25, -0.2) is 4.98 Å². The van der Waals surface area contributed by atoms with Gasteiger partial charge in [-0.2, -0.15) is 0 Å². The molecule has 1 aromatic carbocycles. The Bertz CT molecular complexity index is 939. The molecule has 4 nitrogen and oxygen atoms in total. The maximum absolute atomic E-state index is 8.37. The lowest BCUT2D eigenvalue weighted by Crippen LogP contribution is -2.39. The van der Waals surface area contributed by atoms with E-state index in [1.54, 1.807) is 11.1 Å². The fourth-order valence-corrected chi connectivity index (χ4v) is 3.34. The second-order valence-corrected chi connectivity index (χ2v) is 5.94. The first kappa shape index (κ1) is 9.72. The first-order valence-corrected chi connectivity index (χ1v) is 7.54. The Hall–Kier alpha value is -2.23. The van der Waals surface area contributed by atoms with Gasteiger partial charge in [0.25, 0.3) is 0 Å².